The third-order valence-corrected chi connectivity index (χ3v) is 22.7. The van der Waals surface area contributed by atoms with Crippen LogP contribution in [-0.4, -0.2) is 30.7 Å². The van der Waals surface area contributed by atoms with E-state index in [2.05, 4.69) is 78.0 Å². The van der Waals surface area contributed by atoms with Crippen molar-refractivity contribution in [1.82, 2.24) is 0 Å². The molecule has 7 heteroatoms. The Labute approximate surface area is 241 Å². The molecule has 0 amide bonds. The van der Waals surface area contributed by atoms with Crippen LogP contribution in [0.15, 0.2) is 63.8 Å². The van der Waals surface area contributed by atoms with Gasteiger partial charge in [-0.15, -0.1) is 0 Å². The lowest BCUT2D eigenvalue weighted by atomic mass is 10.0. The number of rotatable bonds is 6. The largest absolute Gasteiger partial charge is 0.493 e. The number of methoxy groups -OCH3 is 2. The van der Waals surface area contributed by atoms with Gasteiger partial charge in [-0.25, -0.2) is 0 Å². The van der Waals surface area contributed by atoms with Crippen molar-refractivity contribution in [2.24, 2.45) is 0 Å². The Morgan fingerprint density at radius 1 is 0.725 bits per heavy atom. The molecule has 0 saturated heterocycles. The van der Waals surface area contributed by atoms with E-state index < -0.39 is 16.5 Å². The minimum absolute atomic E-state index is 0.00823. The molecule has 1 heterocycles. The summed E-state index contributed by atoms with van der Waals surface area (Å²) in [7, 11) is -1.32. The Bertz CT molecular complexity index is 1600. The highest BCUT2D eigenvalue weighted by atomic mass is 28.4. The smallest absolute Gasteiger partial charge is 0.202 e. The second kappa shape index (κ2) is 10.1. The first kappa shape index (κ1) is 29.9. The standard InChI is InChI=1S/C33H45NO4Si2/c1-32(2,3)39(9,10)34(40(11,12)33(4,5)6)31-29(24-17-18-26(36-7)28(21-24)37-8)30(35)25-19-22-15-13-14-16-23(22)20-27(25)38-31/h13-21H,1-12H3. The summed E-state index contributed by atoms with van der Waals surface area (Å²) in [4.78, 5) is 14.7. The molecule has 0 aliphatic carbocycles. The molecule has 0 saturated carbocycles. The molecule has 0 atom stereocenters. The molecule has 0 aliphatic heterocycles. The molecule has 40 heavy (non-hydrogen) atoms. The first-order valence-electron chi connectivity index (χ1n) is 14.0. The van der Waals surface area contributed by atoms with Crippen LogP contribution in [0.2, 0.25) is 36.3 Å². The van der Waals surface area contributed by atoms with Crippen molar-refractivity contribution in [2.45, 2.75) is 77.8 Å². The van der Waals surface area contributed by atoms with Crippen LogP contribution in [-0.2, 0) is 0 Å². The summed E-state index contributed by atoms with van der Waals surface area (Å²) in [5, 5.41) is 2.66. The molecule has 0 radical (unpaired) electrons. The van der Waals surface area contributed by atoms with Crippen molar-refractivity contribution >= 4 is 44.1 Å². The first-order valence-corrected chi connectivity index (χ1v) is 19.9. The summed E-state index contributed by atoms with van der Waals surface area (Å²) >= 11 is 0. The minimum atomic E-state index is -2.28. The van der Waals surface area contributed by atoms with E-state index in [9.17, 15) is 4.79 Å². The number of ether oxygens (including phenoxy) is 2. The van der Waals surface area contributed by atoms with Crippen molar-refractivity contribution in [2.75, 3.05) is 18.5 Å². The van der Waals surface area contributed by atoms with Crippen molar-refractivity contribution in [3.8, 4) is 22.6 Å². The molecular weight excluding hydrogens is 531 g/mol. The summed E-state index contributed by atoms with van der Waals surface area (Å²) in [5.41, 5.74) is 1.93. The topological polar surface area (TPSA) is 51.9 Å². The maximum atomic E-state index is 14.7. The number of benzene rings is 3. The van der Waals surface area contributed by atoms with Gasteiger partial charge in [0.15, 0.2) is 17.4 Å². The number of hydrogen-bond acceptors (Lipinski definition) is 5. The fourth-order valence-corrected chi connectivity index (χ4v) is 15.4. The highest BCUT2D eigenvalue weighted by molar-refractivity contribution is 7.02. The molecule has 4 aromatic rings. The van der Waals surface area contributed by atoms with Crippen molar-refractivity contribution < 1.29 is 13.9 Å². The summed E-state index contributed by atoms with van der Waals surface area (Å²) in [6.07, 6.45) is 0. The molecule has 0 bridgehead atoms. The maximum absolute atomic E-state index is 14.7. The molecule has 214 valence electrons. The maximum Gasteiger partial charge on any atom is 0.202 e. The van der Waals surface area contributed by atoms with Gasteiger partial charge in [0.1, 0.15) is 22.1 Å². The fraction of sp³-hybridized carbons (Fsp3) is 0.424. The predicted octanol–water partition coefficient (Wildman–Crippen LogP) is 9.45. The van der Waals surface area contributed by atoms with Gasteiger partial charge < -0.3 is 18.1 Å². The van der Waals surface area contributed by atoms with Crippen molar-refractivity contribution in [3.05, 3.63) is 64.8 Å². The van der Waals surface area contributed by atoms with Crippen LogP contribution in [0.3, 0.4) is 0 Å². The second-order valence-electron chi connectivity index (χ2n) is 13.8. The van der Waals surface area contributed by atoms with E-state index in [1.54, 1.807) is 14.2 Å². The monoisotopic (exact) mass is 575 g/mol. The average molecular weight is 576 g/mol. The molecule has 0 N–H and O–H groups in total. The van der Waals surface area contributed by atoms with Gasteiger partial charge in [-0.05, 0) is 50.7 Å². The van der Waals surface area contributed by atoms with Gasteiger partial charge in [-0.3, -0.25) is 4.79 Å². The molecule has 1 aromatic heterocycles. The average Bonchev–Trinajstić information content (AvgIpc) is 2.86. The summed E-state index contributed by atoms with van der Waals surface area (Å²) < 4.78 is 20.8. The zero-order valence-electron chi connectivity index (χ0n) is 26.3. The number of hydrogen-bond donors (Lipinski definition) is 0. The van der Waals surface area contributed by atoms with Crippen LogP contribution >= 0.6 is 0 Å². The normalized spacial score (nSPS) is 13.1. The first-order chi connectivity index (χ1) is 18.5. The predicted molar refractivity (Wildman–Crippen MR) is 175 cm³/mol. The van der Waals surface area contributed by atoms with E-state index >= 15 is 0 Å². The van der Waals surface area contributed by atoms with Gasteiger partial charge in [-0.1, -0.05) is 98.1 Å². The quantitative estimate of drug-likeness (QED) is 0.169. The Balaban J connectivity index is 2.23. The van der Waals surface area contributed by atoms with Gasteiger partial charge in [-0.2, -0.15) is 0 Å². The van der Waals surface area contributed by atoms with Crippen molar-refractivity contribution in [3.63, 3.8) is 0 Å². The summed E-state index contributed by atoms with van der Waals surface area (Å²) in [5.74, 6) is 1.88. The highest BCUT2D eigenvalue weighted by Gasteiger charge is 2.54. The number of nitrogens with zero attached hydrogens (tertiary/aromatic N) is 1. The Morgan fingerprint density at radius 2 is 1.25 bits per heavy atom. The lowest BCUT2D eigenvalue weighted by molar-refractivity contribution is 0.355. The third-order valence-electron chi connectivity index (χ3n) is 9.40. The van der Waals surface area contributed by atoms with Gasteiger partial charge in [0.2, 0.25) is 5.43 Å². The molecule has 5 nitrogen and oxygen atoms in total. The summed E-state index contributed by atoms with van der Waals surface area (Å²) in [6, 6.07) is 17.8. The van der Waals surface area contributed by atoms with Crippen molar-refractivity contribution in [1.29, 1.82) is 0 Å². The van der Waals surface area contributed by atoms with Crippen LogP contribution in [0.25, 0.3) is 32.9 Å². The molecule has 3 aromatic carbocycles. The van der Waals surface area contributed by atoms with Crippen LogP contribution in [0, 0.1) is 0 Å². The van der Waals surface area contributed by atoms with E-state index in [1.807, 2.05) is 48.5 Å². The molecule has 0 spiro atoms. The fourth-order valence-electron chi connectivity index (χ4n) is 5.15. The van der Waals surface area contributed by atoms with Gasteiger partial charge >= 0.3 is 0 Å². The van der Waals surface area contributed by atoms with Gasteiger partial charge in [0.05, 0.1) is 25.2 Å². The van der Waals surface area contributed by atoms with Gasteiger partial charge in [0, 0.05) is 0 Å². The number of anilines is 1. The molecular formula is C33H45NO4Si2. The van der Waals surface area contributed by atoms with Gasteiger partial charge in [0.25, 0.3) is 0 Å². The van der Waals surface area contributed by atoms with E-state index in [1.165, 1.54) is 0 Å². The van der Waals surface area contributed by atoms with Crippen LogP contribution in [0.1, 0.15) is 41.5 Å². The molecule has 0 unspecified atom stereocenters. The van der Waals surface area contributed by atoms with E-state index in [4.69, 9.17) is 13.9 Å². The zero-order valence-corrected chi connectivity index (χ0v) is 28.3. The summed E-state index contributed by atoms with van der Waals surface area (Å²) in [6.45, 7) is 23.6. The molecule has 0 aliphatic rings. The lowest BCUT2D eigenvalue weighted by Crippen LogP contribution is -2.69. The van der Waals surface area contributed by atoms with Crippen LogP contribution in [0.5, 0.6) is 11.5 Å². The highest BCUT2D eigenvalue weighted by Crippen LogP contribution is 2.51. The molecule has 4 rings (SSSR count). The van der Waals surface area contributed by atoms with E-state index in [0.717, 1.165) is 16.3 Å². The van der Waals surface area contributed by atoms with Crippen LogP contribution in [0.4, 0.5) is 5.88 Å². The Kier molecular flexibility index (Phi) is 7.56. The van der Waals surface area contributed by atoms with E-state index in [0.29, 0.717) is 33.9 Å². The number of fused-ring (bicyclic) bond motifs is 2. The second-order valence-corrected chi connectivity index (χ2v) is 24.4. The minimum Gasteiger partial charge on any atom is -0.493 e. The lowest BCUT2D eigenvalue weighted by Gasteiger charge is -2.57. The SMILES string of the molecule is COc1ccc(-c2c(N([Si](C)(C)C(C)(C)C)[Si](C)(C)C(C)(C)C)oc3cc4ccccc4cc3c2=O)cc1OC. The Hall–Kier alpha value is -3.04. The third kappa shape index (κ3) is 4.87. The van der Waals surface area contributed by atoms with E-state index in [-0.39, 0.29) is 15.5 Å². The Morgan fingerprint density at radius 3 is 1.75 bits per heavy atom. The molecule has 0 fully saturated rings. The zero-order chi connectivity index (χ0) is 29.8. The van der Waals surface area contributed by atoms with Crippen LogP contribution < -0.4 is 19.1 Å².